The third-order valence-electron chi connectivity index (χ3n) is 4.20. The normalized spacial score (nSPS) is 12.1. The molecule has 0 aliphatic rings. The van der Waals surface area contributed by atoms with Gasteiger partial charge in [-0.3, -0.25) is 4.79 Å². The molecule has 2 aromatic heterocycles. The molecule has 6 nitrogen and oxygen atoms in total. The fourth-order valence-corrected chi connectivity index (χ4v) is 4.10. The highest BCUT2D eigenvalue weighted by Gasteiger charge is 2.24. The zero-order chi connectivity index (χ0) is 19.5. The van der Waals surface area contributed by atoms with Crippen LogP contribution >= 0.6 is 23.4 Å². The van der Waals surface area contributed by atoms with E-state index in [9.17, 15) is 4.79 Å². The van der Waals surface area contributed by atoms with E-state index in [0.717, 1.165) is 16.8 Å². The molecule has 0 aliphatic heterocycles. The van der Waals surface area contributed by atoms with E-state index in [0.29, 0.717) is 21.2 Å². The van der Waals surface area contributed by atoms with Crippen molar-refractivity contribution in [1.82, 2.24) is 19.9 Å². The van der Waals surface area contributed by atoms with Crippen LogP contribution < -0.4 is 5.32 Å². The second kappa shape index (κ2) is 8.00. The number of amides is 1. The van der Waals surface area contributed by atoms with E-state index >= 15 is 0 Å². The third kappa shape index (κ3) is 3.85. The predicted octanol–water partition coefficient (Wildman–Crippen LogP) is 4.79. The molecule has 0 saturated heterocycles. The summed E-state index contributed by atoms with van der Waals surface area (Å²) in [5.41, 5.74) is 3.78. The van der Waals surface area contributed by atoms with Gasteiger partial charge in [-0.05, 0) is 36.2 Å². The number of aryl methyl sites for hydroxylation is 1. The Balaban J connectivity index is 1.67. The summed E-state index contributed by atoms with van der Waals surface area (Å²) in [7, 11) is 0. The first-order valence-corrected chi connectivity index (χ1v) is 9.80. The molecule has 0 saturated carbocycles. The number of hydrogen-bond donors (Lipinski definition) is 2. The first-order chi connectivity index (χ1) is 13.6. The number of hydrogen-bond acceptors (Lipinski definition) is 5. The second-order valence-corrected chi connectivity index (χ2v) is 7.67. The van der Waals surface area contributed by atoms with Crippen molar-refractivity contribution < 1.29 is 4.79 Å². The van der Waals surface area contributed by atoms with Gasteiger partial charge in [0.1, 0.15) is 22.1 Å². The maximum absolute atomic E-state index is 13.2. The van der Waals surface area contributed by atoms with Gasteiger partial charge in [-0.15, -0.1) is 0 Å². The van der Waals surface area contributed by atoms with Crippen LogP contribution in [0, 0.1) is 6.92 Å². The Bertz CT molecular complexity index is 1130. The minimum absolute atomic E-state index is 0.145. The third-order valence-corrected chi connectivity index (χ3v) is 5.69. The maximum atomic E-state index is 13.2. The second-order valence-electron chi connectivity index (χ2n) is 6.14. The number of carbonyl (C=O) groups is 1. The summed E-state index contributed by atoms with van der Waals surface area (Å²) in [5.74, 6) is -0.145. The summed E-state index contributed by atoms with van der Waals surface area (Å²) in [4.78, 5) is 28.9. The van der Waals surface area contributed by atoms with E-state index < -0.39 is 5.25 Å². The van der Waals surface area contributed by atoms with Gasteiger partial charge >= 0.3 is 0 Å². The van der Waals surface area contributed by atoms with E-state index in [-0.39, 0.29) is 5.91 Å². The molecule has 4 aromatic rings. The number of benzene rings is 2. The number of aromatic nitrogens is 4. The Labute approximate surface area is 170 Å². The number of fused-ring (bicyclic) bond motifs is 1. The van der Waals surface area contributed by atoms with Gasteiger partial charge in [0.25, 0.3) is 0 Å². The number of thioether (sulfide) groups is 1. The zero-order valence-corrected chi connectivity index (χ0v) is 16.5. The fourth-order valence-electron chi connectivity index (χ4n) is 2.81. The van der Waals surface area contributed by atoms with Gasteiger partial charge in [0, 0.05) is 10.7 Å². The molecule has 1 amide bonds. The number of rotatable bonds is 5. The molecule has 0 aliphatic carbocycles. The molecule has 0 unspecified atom stereocenters. The minimum Gasteiger partial charge on any atom is -0.341 e. The molecule has 8 heteroatoms. The highest BCUT2D eigenvalue weighted by molar-refractivity contribution is 8.00. The number of H-pyrrole nitrogens is 1. The van der Waals surface area contributed by atoms with Crippen molar-refractivity contribution in [2.24, 2.45) is 0 Å². The van der Waals surface area contributed by atoms with Gasteiger partial charge < -0.3 is 10.3 Å². The Morgan fingerprint density at radius 3 is 2.75 bits per heavy atom. The van der Waals surface area contributed by atoms with Crippen molar-refractivity contribution in [3.63, 3.8) is 0 Å². The number of imidazole rings is 1. The number of carbonyl (C=O) groups excluding carboxylic acids is 1. The maximum Gasteiger partial charge on any atom is 0.242 e. The predicted molar refractivity (Wildman–Crippen MR) is 112 cm³/mol. The molecule has 2 N–H and O–H groups in total. The molecule has 0 fully saturated rings. The molecule has 0 bridgehead atoms. The summed E-state index contributed by atoms with van der Waals surface area (Å²) >= 11 is 7.38. The lowest BCUT2D eigenvalue weighted by Crippen LogP contribution is -2.19. The lowest BCUT2D eigenvalue weighted by atomic mass is 10.1. The Morgan fingerprint density at radius 2 is 1.96 bits per heavy atom. The molecule has 1 atom stereocenters. The van der Waals surface area contributed by atoms with Gasteiger partial charge in [-0.1, -0.05) is 53.7 Å². The summed E-state index contributed by atoms with van der Waals surface area (Å²) < 4.78 is 0. The van der Waals surface area contributed by atoms with E-state index in [4.69, 9.17) is 11.6 Å². The van der Waals surface area contributed by atoms with Crippen LogP contribution in [-0.2, 0) is 4.79 Å². The standard InChI is InChI=1S/C20H16ClN5OS/c1-12-9-14(21)7-8-15(12)26-19(27)17(13-5-3-2-4-6-13)28-20-16-18(23-10-22-16)24-11-25-20/h2-11,17H,1H3,(H,26,27)(H,22,23,24,25)/t17-/m0/s1. The molecule has 2 aromatic carbocycles. The van der Waals surface area contributed by atoms with Crippen molar-refractivity contribution >= 4 is 46.1 Å². The van der Waals surface area contributed by atoms with Crippen molar-refractivity contribution in [2.75, 3.05) is 5.32 Å². The highest BCUT2D eigenvalue weighted by Crippen LogP contribution is 2.37. The largest absolute Gasteiger partial charge is 0.341 e. The Kier molecular flexibility index (Phi) is 5.27. The van der Waals surface area contributed by atoms with Crippen molar-refractivity contribution in [2.45, 2.75) is 17.2 Å². The number of nitrogens with zero attached hydrogens (tertiary/aromatic N) is 3. The van der Waals surface area contributed by atoms with Crippen molar-refractivity contribution in [3.8, 4) is 0 Å². The Hall–Kier alpha value is -2.90. The van der Waals surface area contributed by atoms with Gasteiger partial charge in [0.2, 0.25) is 5.91 Å². The van der Waals surface area contributed by atoms with Crippen molar-refractivity contribution in [3.05, 3.63) is 77.3 Å². The average molecular weight is 410 g/mol. The highest BCUT2D eigenvalue weighted by atomic mass is 35.5. The molecule has 0 spiro atoms. The summed E-state index contributed by atoms with van der Waals surface area (Å²) in [6.45, 7) is 1.91. The minimum atomic E-state index is -0.502. The van der Waals surface area contributed by atoms with Gasteiger partial charge in [-0.25, -0.2) is 15.0 Å². The van der Waals surface area contributed by atoms with Crippen LogP contribution in [0.1, 0.15) is 16.4 Å². The van der Waals surface area contributed by atoms with Crippen LogP contribution in [0.25, 0.3) is 11.2 Å². The quantitative estimate of drug-likeness (QED) is 0.366. The molecular formula is C20H16ClN5OS. The fraction of sp³-hybridized carbons (Fsp3) is 0.100. The van der Waals surface area contributed by atoms with Gasteiger partial charge in [-0.2, -0.15) is 0 Å². The monoisotopic (exact) mass is 409 g/mol. The van der Waals surface area contributed by atoms with Crippen LogP contribution in [0.4, 0.5) is 5.69 Å². The first-order valence-electron chi connectivity index (χ1n) is 8.54. The van der Waals surface area contributed by atoms with Crippen LogP contribution in [0.15, 0.2) is 66.2 Å². The van der Waals surface area contributed by atoms with Crippen molar-refractivity contribution in [1.29, 1.82) is 0 Å². The van der Waals surface area contributed by atoms with Crippen LogP contribution in [0.5, 0.6) is 0 Å². The SMILES string of the molecule is Cc1cc(Cl)ccc1NC(=O)[C@@H](Sc1ncnc2nc[nH]c12)c1ccccc1. The van der Waals surface area contributed by atoms with E-state index in [1.165, 1.54) is 18.1 Å². The number of halogens is 1. The number of aromatic amines is 1. The number of anilines is 1. The van der Waals surface area contributed by atoms with Crippen LogP contribution in [0.3, 0.4) is 0 Å². The molecule has 2 heterocycles. The van der Waals surface area contributed by atoms with Crippen LogP contribution in [-0.4, -0.2) is 25.8 Å². The lowest BCUT2D eigenvalue weighted by molar-refractivity contribution is -0.115. The van der Waals surface area contributed by atoms with Gasteiger partial charge in [0.05, 0.1) is 6.33 Å². The average Bonchev–Trinajstić information content (AvgIpc) is 3.18. The smallest absolute Gasteiger partial charge is 0.242 e. The van der Waals surface area contributed by atoms with Gasteiger partial charge in [0.15, 0.2) is 5.65 Å². The molecule has 4 rings (SSSR count). The summed E-state index contributed by atoms with van der Waals surface area (Å²) in [5, 5.41) is 3.81. The Morgan fingerprint density at radius 1 is 1.14 bits per heavy atom. The molecular weight excluding hydrogens is 394 g/mol. The topological polar surface area (TPSA) is 83.6 Å². The molecule has 140 valence electrons. The van der Waals surface area contributed by atoms with E-state index in [2.05, 4.69) is 25.3 Å². The molecule has 0 radical (unpaired) electrons. The van der Waals surface area contributed by atoms with E-state index in [1.807, 2.05) is 43.3 Å². The number of nitrogens with one attached hydrogen (secondary N) is 2. The zero-order valence-electron chi connectivity index (χ0n) is 14.9. The molecule has 28 heavy (non-hydrogen) atoms. The van der Waals surface area contributed by atoms with Crippen LogP contribution in [0.2, 0.25) is 5.02 Å². The summed E-state index contributed by atoms with van der Waals surface area (Å²) in [6, 6.07) is 15.0. The van der Waals surface area contributed by atoms with E-state index in [1.54, 1.807) is 18.5 Å². The lowest BCUT2D eigenvalue weighted by Gasteiger charge is -2.18. The first kappa shape index (κ1) is 18.5. The summed E-state index contributed by atoms with van der Waals surface area (Å²) in [6.07, 6.45) is 3.02.